The Kier molecular flexibility index (Phi) is 5.73. The summed E-state index contributed by atoms with van der Waals surface area (Å²) in [6.45, 7) is 1.57. The zero-order valence-electron chi connectivity index (χ0n) is 10.5. The second-order valence-electron chi connectivity index (χ2n) is 4.12. The van der Waals surface area contributed by atoms with Crippen molar-refractivity contribution in [2.45, 2.75) is 12.6 Å². The zero-order valence-corrected chi connectivity index (χ0v) is 11.3. The fourth-order valence-electron chi connectivity index (χ4n) is 1.51. The first-order valence-corrected chi connectivity index (χ1v) is 6.28. The van der Waals surface area contributed by atoms with Crippen LogP contribution < -0.4 is 9.44 Å². The zero-order chi connectivity index (χ0) is 12.8. The van der Waals surface area contributed by atoms with Gasteiger partial charge in [0.1, 0.15) is 6.17 Å². The van der Waals surface area contributed by atoms with Crippen molar-refractivity contribution in [2.24, 2.45) is 12.2 Å². The number of alkyl halides is 1. The van der Waals surface area contributed by atoms with Crippen LogP contribution in [0.15, 0.2) is 12.4 Å². The molecule has 2 heterocycles. The molecule has 0 aromatic carbocycles. The van der Waals surface area contributed by atoms with E-state index in [0.717, 1.165) is 18.7 Å². The van der Waals surface area contributed by atoms with Crippen molar-refractivity contribution in [3.8, 4) is 0 Å². The van der Waals surface area contributed by atoms with Gasteiger partial charge >= 0.3 is 0 Å². The summed E-state index contributed by atoms with van der Waals surface area (Å²) in [6.07, 6.45) is 3.85. The maximum Gasteiger partial charge on any atom is 0.114 e. The molecule has 1 aromatic heterocycles. The van der Waals surface area contributed by atoms with Crippen molar-refractivity contribution in [3.63, 3.8) is 0 Å². The van der Waals surface area contributed by atoms with Crippen LogP contribution in [-0.4, -0.2) is 48.0 Å². The van der Waals surface area contributed by atoms with E-state index in [0.29, 0.717) is 6.54 Å². The summed E-state index contributed by atoms with van der Waals surface area (Å²) in [5, 5.41) is 9.31. The van der Waals surface area contributed by atoms with E-state index in [1.807, 2.05) is 36.5 Å². The number of nitrogens with zero attached hydrogens (tertiary/aromatic N) is 4. The Bertz CT molecular complexity index is 324. The number of aromatic nitrogens is 2. The third-order valence-corrected chi connectivity index (χ3v) is 3.07. The molecule has 2 rings (SSSR count). The Morgan fingerprint density at radius 1 is 1.59 bits per heavy atom. The summed E-state index contributed by atoms with van der Waals surface area (Å²) in [5.74, 6) is 0. The molecule has 1 fully saturated rings. The predicted molar refractivity (Wildman–Crippen MR) is 70.4 cm³/mol. The van der Waals surface area contributed by atoms with Gasteiger partial charge in [-0.2, -0.15) is 5.10 Å². The van der Waals surface area contributed by atoms with Gasteiger partial charge in [-0.1, -0.05) is 0 Å². The molecule has 2 N–H and O–H groups in total. The van der Waals surface area contributed by atoms with Crippen LogP contribution in [0.3, 0.4) is 0 Å². The number of hydrogen-bond donors (Lipinski definition) is 1. The standard InChI is InChI=1S/C5H10FN.C5H10N4S/c1-7-3-2-5(6)4-7;1-8-4-5(3-7-8)9(2)10-6/h5H,2-4H2,1H3;3-4H,6H2,1-2H3. The first-order valence-electron chi connectivity index (χ1n) is 5.44. The average molecular weight is 261 g/mol. The Hall–Kier alpha value is -0.790. The molecule has 7 heteroatoms. The summed E-state index contributed by atoms with van der Waals surface area (Å²) < 4.78 is 15.7. The van der Waals surface area contributed by atoms with Gasteiger partial charge in [0.05, 0.1) is 11.9 Å². The maximum atomic E-state index is 12.1. The molecule has 17 heavy (non-hydrogen) atoms. The van der Waals surface area contributed by atoms with E-state index in [4.69, 9.17) is 5.14 Å². The Morgan fingerprint density at radius 2 is 2.29 bits per heavy atom. The second kappa shape index (κ2) is 6.83. The van der Waals surface area contributed by atoms with Crippen molar-refractivity contribution in [2.75, 3.05) is 31.5 Å². The SMILES string of the molecule is CN(SN)c1cnn(C)c1.CN1CCC(F)C1. The Morgan fingerprint density at radius 3 is 2.59 bits per heavy atom. The minimum absolute atomic E-state index is 0.551. The lowest BCUT2D eigenvalue weighted by Gasteiger charge is -2.09. The van der Waals surface area contributed by atoms with Gasteiger partial charge in [-0.15, -0.1) is 0 Å². The predicted octanol–water partition coefficient (Wildman–Crippen LogP) is 1.04. The molecular weight excluding hydrogens is 241 g/mol. The highest BCUT2D eigenvalue weighted by atomic mass is 32.2. The van der Waals surface area contributed by atoms with E-state index in [1.165, 1.54) is 12.1 Å². The highest BCUT2D eigenvalue weighted by Gasteiger charge is 2.17. The lowest BCUT2D eigenvalue weighted by molar-refractivity contribution is 0.321. The van der Waals surface area contributed by atoms with E-state index in [9.17, 15) is 4.39 Å². The summed E-state index contributed by atoms with van der Waals surface area (Å²) in [6, 6.07) is 0. The summed E-state index contributed by atoms with van der Waals surface area (Å²) in [4.78, 5) is 2.00. The average Bonchev–Trinajstić information content (AvgIpc) is 2.87. The fraction of sp³-hybridized carbons (Fsp3) is 0.700. The summed E-state index contributed by atoms with van der Waals surface area (Å²) in [7, 11) is 5.71. The quantitative estimate of drug-likeness (QED) is 0.806. The molecule has 98 valence electrons. The first kappa shape index (κ1) is 14.3. The molecule has 1 aliphatic rings. The van der Waals surface area contributed by atoms with Crippen LogP contribution in [0, 0.1) is 0 Å². The molecule has 0 aliphatic carbocycles. The van der Waals surface area contributed by atoms with Crippen LogP contribution in [0.25, 0.3) is 0 Å². The molecule has 1 saturated heterocycles. The third-order valence-electron chi connectivity index (χ3n) is 2.55. The van der Waals surface area contributed by atoms with Crippen molar-refractivity contribution >= 4 is 17.8 Å². The van der Waals surface area contributed by atoms with Gasteiger partial charge in [0.15, 0.2) is 0 Å². The lowest BCUT2D eigenvalue weighted by Crippen LogP contribution is -2.13. The van der Waals surface area contributed by atoms with Gasteiger partial charge in [-0.05, 0) is 13.5 Å². The lowest BCUT2D eigenvalue weighted by atomic mass is 10.4. The van der Waals surface area contributed by atoms with Crippen LogP contribution in [0.5, 0.6) is 0 Å². The molecule has 1 atom stereocenters. The molecule has 1 aromatic rings. The molecule has 1 aliphatic heterocycles. The number of hydrogen-bond acceptors (Lipinski definition) is 5. The van der Waals surface area contributed by atoms with Gasteiger partial charge in [0.25, 0.3) is 0 Å². The third kappa shape index (κ3) is 4.93. The van der Waals surface area contributed by atoms with E-state index in [1.54, 1.807) is 10.9 Å². The number of anilines is 1. The summed E-state index contributed by atoms with van der Waals surface area (Å²) in [5.41, 5.74) is 1.01. The van der Waals surface area contributed by atoms with E-state index < -0.39 is 6.17 Å². The number of aryl methyl sites for hydroxylation is 1. The summed E-state index contributed by atoms with van der Waals surface area (Å²) >= 11 is 1.17. The van der Waals surface area contributed by atoms with Gasteiger partial charge < -0.3 is 9.21 Å². The molecule has 0 radical (unpaired) electrons. The normalized spacial score (nSPS) is 19.9. The number of likely N-dealkylation sites (tertiary alicyclic amines) is 1. The largest absolute Gasteiger partial charge is 0.304 e. The topological polar surface area (TPSA) is 50.3 Å². The number of rotatable bonds is 2. The first-order chi connectivity index (χ1) is 8.02. The maximum absolute atomic E-state index is 12.1. The highest BCUT2D eigenvalue weighted by molar-refractivity contribution is 7.98. The molecule has 0 spiro atoms. The fourth-order valence-corrected chi connectivity index (χ4v) is 1.73. The van der Waals surface area contributed by atoms with Crippen LogP contribution in [-0.2, 0) is 7.05 Å². The van der Waals surface area contributed by atoms with Crippen LogP contribution in [0.4, 0.5) is 10.1 Å². The molecule has 5 nitrogen and oxygen atoms in total. The molecule has 0 bridgehead atoms. The van der Waals surface area contributed by atoms with Crippen LogP contribution in [0.1, 0.15) is 6.42 Å². The molecular formula is C10H20FN5S. The Labute approximate surface area is 106 Å². The number of halogens is 1. The van der Waals surface area contributed by atoms with Gasteiger partial charge in [0.2, 0.25) is 0 Å². The number of nitrogens with two attached hydrogens (primary N) is 1. The van der Waals surface area contributed by atoms with Crippen LogP contribution >= 0.6 is 12.1 Å². The van der Waals surface area contributed by atoms with Gasteiger partial charge in [-0.25, -0.2) is 4.39 Å². The van der Waals surface area contributed by atoms with Crippen molar-refractivity contribution in [1.82, 2.24) is 14.7 Å². The van der Waals surface area contributed by atoms with E-state index >= 15 is 0 Å². The van der Waals surface area contributed by atoms with E-state index in [2.05, 4.69) is 5.10 Å². The van der Waals surface area contributed by atoms with Crippen LogP contribution in [0.2, 0.25) is 0 Å². The minimum Gasteiger partial charge on any atom is -0.304 e. The smallest absolute Gasteiger partial charge is 0.114 e. The highest BCUT2D eigenvalue weighted by Crippen LogP contribution is 2.14. The van der Waals surface area contributed by atoms with Crippen molar-refractivity contribution in [3.05, 3.63) is 12.4 Å². The Balaban J connectivity index is 0.000000181. The molecule has 0 amide bonds. The van der Waals surface area contributed by atoms with E-state index in [-0.39, 0.29) is 0 Å². The van der Waals surface area contributed by atoms with Gasteiger partial charge in [0, 0.05) is 45.5 Å². The van der Waals surface area contributed by atoms with Crippen molar-refractivity contribution in [1.29, 1.82) is 0 Å². The monoisotopic (exact) mass is 261 g/mol. The van der Waals surface area contributed by atoms with Crippen molar-refractivity contribution < 1.29 is 4.39 Å². The molecule has 0 saturated carbocycles. The minimum atomic E-state index is -0.551. The molecule has 1 unspecified atom stereocenters. The second-order valence-corrected chi connectivity index (χ2v) is 4.88. The van der Waals surface area contributed by atoms with Gasteiger partial charge in [-0.3, -0.25) is 9.82 Å².